The Hall–Kier alpha value is -2.12. The number of hydrogen-bond donors (Lipinski definition) is 1. The number of ether oxygens (including phenoxy) is 1. The Kier molecular flexibility index (Phi) is 9.15. The normalized spacial score (nSPS) is 15.8. The molecule has 1 N–H and O–H groups in total. The number of hydrogen-bond acceptors (Lipinski definition) is 5. The number of aliphatic imine (C=N–C) groups is 1. The lowest BCUT2D eigenvalue weighted by Gasteiger charge is -2.31. The lowest BCUT2D eigenvalue weighted by Crippen LogP contribution is -2.39. The first-order valence-corrected chi connectivity index (χ1v) is 12.3. The zero-order valence-corrected chi connectivity index (χ0v) is 20.2. The molecular formula is C24H37N5OS. The number of methoxy groups -OCH3 is 1. The molecule has 1 aliphatic rings. The Morgan fingerprint density at radius 1 is 1.29 bits per heavy atom. The Balaban J connectivity index is 1.51. The van der Waals surface area contributed by atoms with Crippen LogP contribution in [-0.4, -0.2) is 61.1 Å². The third-order valence-electron chi connectivity index (χ3n) is 5.79. The Morgan fingerprint density at radius 3 is 2.74 bits per heavy atom. The number of nitrogens with zero attached hydrogens (tertiary/aromatic N) is 4. The molecule has 0 aliphatic carbocycles. The molecule has 2 heterocycles. The summed E-state index contributed by atoms with van der Waals surface area (Å²) in [4.78, 5) is 14.4. The van der Waals surface area contributed by atoms with E-state index in [2.05, 4.69) is 53.5 Å². The maximum atomic E-state index is 5.51. The number of piperidine rings is 1. The highest BCUT2D eigenvalue weighted by Gasteiger charge is 2.20. The quantitative estimate of drug-likeness (QED) is 0.469. The fraction of sp³-hybridized carbons (Fsp3) is 0.583. The zero-order valence-electron chi connectivity index (χ0n) is 19.4. The number of nitrogens with one attached hydrogen (secondary N) is 1. The fourth-order valence-electron chi connectivity index (χ4n) is 3.99. The van der Waals surface area contributed by atoms with Gasteiger partial charge in [-0.25, -0.2) is 4.98 Å². The highest BCUT2D eigenvalue weighted by molar-refractivity contribution is 7.09. The van der Waals surface area contributed by atoms with Crippen molar-refractivity contribution < 1.29 is 4.74 Å². The third-order valence-corrected chi connectivity index (χ3v) is 6.83. The molecule has 3 rings (SSSR count). The SMILES string of the molecule is CCNC(=NCC1CCN(Cc2csc(CC)n2)CC1)N(C)Cc1ccccc1OC. The summed E-state index contributed by atoms with van der Waals surface area (Å²) >= 11 is 1.78. The summed E-state index contributed by atoms with van der Waals surface area (Å²) in [7, 11) is 3.82. The Labute approximate surface area is 191 Å². The van der Waals surface area contributed by atoms with Crippen LogP contribution in [-0.2, 0) is 19.5 Å². The van der Waals surface area contributed by atoms with Gasteiger partial charge in [-0.2, -0.15) is 0 Å². The van der Waals surface area contributed by atoms with Crippen LogP contribution in [0, 0.1) is 5.92 Å². The van der Waals surface area contributed by atoms with Crippen LogP contribution in [0.1, 0.15) is 43.0 Å². The molecule has 0 bridgehead atoms. The Bertz CT molecular complexity index is 829. The van der Waals surface area contributed by atoms with Crippen molar-refractivity contribution in [3.05, 3.63) is 45.9 Å². The van der Waals surface area contributed by atoms with Crippen molar-refractivity contribution in [2.45, 2.75) is 46.2 Å². The van der Waals surface area contributed by atoms with Crippen LogP contribution < -0.4 is 10.1 Å². The van der Waals surface area contributed by atoms with E-state index < -0.39 is 0 Å². The number of guanidine groups is 1. The smallest absolute Gasteiger partial charge is 0.193 e. The second-order valence-corrected chi connectivity index (χ2v) is 9.11. The maximum absolute atomic E-state index is 5.51. The molecule has 1 fully saturated rings. The topological polar surface area (TPSA) is 53.0 Å². The van der Waals surface area contributed by atoms with Gasteiger partial charge in [0.2, 0.25) is 0 Å². The number of aryl methyl sites for hydroxylation is 1. The van der Waals surface area contributed by atoms with Gasteiger partial charge in [0.15, 0.2) is 5.96 Å². The molecule has 6 nitrogen and oxygen atoms in total. The van der Waals surface area contributed by atoms with Gasteiger partial charge in [-0.05, 0) is 51.3 Å². The van der Waals surface area contributed by atoms with E-state index in [0.717, 1.165) is 57.4 Å². The summed E-state index contributed by atoms with van der Waals surface area (Å²) in [6.45, 7) is 10.0. The fourth-order valence-corrected chi connectivity index (χ4v) is 4.73. The van der Waals surface area contributed by atoms with E-state index in [4.69, 9.17) is 14.7 Å². The van der Waals surface area contributed by atoms with Crippen molar-refractivity contribution in [2.24, 2.45) is 10.9 Å². The molecule has 1 saturated heterocycles. The summed E-state index contributed by atoms with van der Waals surface area (Å²) < 4.78 is 5.51. The van der Waals surface area contributed by atoms with Crippen molar-refractivity contribution >= 4 is 17.3 Å². The molecule has 1 aliphatic heterocycles. The molecule has 0 radical (unpaired) electrons. The number of thiazole rings is 1. The number of para-hydroxylation sites is 1. The van der Waals surface area contributed by atoms with E-state index >= 15 is 0 Å². The molecule has 1 aromatic carbocycles. The molecule has 170 valence electrons. The molecule has 1 aromatic heterocycles. The molecule has 0 saturated carbocycles. The average molecular weight is 444 g/mol. The molecule has 2 aromatic rings. The van der Waals surface area contributed by atoms with Gasteiger partial charge in [0.1, 0.15) is 5.75 Å². The molecule has 0 amide bonds. The number of benzene rings is 1. The average Bonchev–Trinajstić information content (AvgIpc) is 3.25. The van der Waals surface area contributed by atoms with Crippen LogP contribution in [0.3, 0.4) is 0 Å². The Morgan fingerprint density at radius 2 is 2.06 bits per heavy atom. The molecule has 31 heavy (non-hydrogen) atoms. The third kappa shape index (κ3) is 6.94. The first-order chi connectivity index (χ1) is 15.1. The van der Waals surface area contributed by atoms with Gasteiger partial charge in [0, 0.05) is 44.2 Å². The van der Waals surface area contributed by atoms with Crippen LogP contribution in [0.2, 0.25) is 0 Å². The minimum absolute atomic E-state index is 0.645. The van der Waals surface area contributed by atoms with Gasteiger partial charge < -0.3 is 15.0 Å². The van der Waals surface area contributed by atoms with Gasteiger partial charge in [-0.3, -0.25) is 9.89 Å². The lowest BCUT2D eigenvalue weighted by atomic mass is 9.97. The van der Waals surface area contributed by atoms with E-state index in [1.54, 1.807) is 18.4 Å². The largest absolute Gasteiger partial charge is 0.496 e. The first-order valence-electron chi connectivity index (χ1n) is 11.4. The highest BCUT2D eigenvalue weighted by Crippen LogP contribution is 2.21. The van der Waals surface area contributed by atoms with Crippen LogP contribution >= 0.6 is 11.3 Å². The molecular weight excluding hydrogens is 406 g/mol. The van der Waals surface area contributed by atoms with E-state index in [1.165, 1.54) is 29.1 Å². The zero-order chi connectivity index (χ0) is 22.1. The summed E-state index contributed by atoms with van der Waals surface area (Å²) in [5, 5.41) is 6.91. The maximum Gasteiger partial charge on any atom is 0.193 e. The monoisotopic (exact) mass is 443 g/mol. The first kappa shape index (κ1) is 23.5. The van der Waals surface area contributed by atoms with Crippen LogP contribution in [0.4, 0.5) is 0 Å². The summed E-state index contributed by atoms with van der Waals surface area (Å²) in [6.07, 6.45) is 3.43. The molecule has 0 atom stereocenters. The summed E-state index contributed by atoms with van der Waals surface area (Å²) in [6, 6.07) is 8.18. The predicted molar refractivity (Wildman–Crippen MR) is 130 cm³/mol. The molecule has 7 heteroatoms. The summed E-state index contributed by atoms with van der Waals surface area (Å²) in [5.41, 5.74) is 2.39. The van der Waals surface area contributed by atoms with Crippen LogP contribution in [0.15, 0.2) is 34.6 Å². The number of likely N-dealkylation sites (tertiary alicyclic amines) is 1. The number of aromatic nitrogens is 1. The molecule has 0 spiro atoms. The summed E-state index contributed by atoms with van der Waals surface area (Å²) in [5.74, 6) is 2.53. The van der Waals surface area contributed by atoms with E-state index in [9.17, 15) is 0 Å². The van der Waals surface area contributed by atoms with Crippen molar-refractivity contribution in [1.82, 2.24) is 20.1 Å². The van der Waals surface area contributed by atoms with Gasteiger partial charge in [-0.1, -0.05) is 25.1 Å². The minimum Gasteiger partial charge on any atom is -0.496 e. The molecule has 0 unspecified atom stereocenters. The minimum atomic E-state index is 0.645. The van der Waals surface area contributed by atoms with E-state index in [-0.39, 0.29) is 0 Å². The van der Waals surface area contributed by atoms with Crippen LogP contribution in [0.25, 0.3) is 0 Å². The van der Waals surface area contributed by atoms with Gasteiger partial charge in [-0.15, -0.1) is 11.3 Å². The van der Waals surface area contributed by atoms with E-state index in [1.807, 2.05) is 12.1 Å². The van der Waals surface area contributed by atoms with Crippen molar-refractivity contribution in [3.63, 3.8) is 0 Å². The standard InChI is InChI=1S/C24H37N5OS/c1-5-23-27-21(18-31-23)17-29-13-11-19(12-14-29)15-26-24(25-6-2)28(3)16-20-9-7-8-10-22(20)30-4/h7-10,18-19H,5-6,11-17H2,1-4H3,(H,25,26). The lowest BCUT2D eigenvalue weighted by molar-refractivity contribution is 0.179. The predicted octanol–water partition coefficient (Wildman–Crippen LogP) is 4.02. The van der Waals surface area contributed by atoms with Gasteiger partial charge >= 0.3 is 0 Å². The second-order valence-electron chi connectivity index (χ2n) is 8.17. The van der Waals surface area contributed by atoms with Crippen molar-refractivity contribution in [1.29, 1.82) is 0 Å². The second kappa shape index (κ2) is 12.1. The number of rotatable bonds is 9. The van der Waals surface area contributed by atoms with E-state index in [0.29, 0.717) is 5.92 Å². The van der Waals surface area contributed by atoms with Crippen molar-refractivity contribution in [3.8, 4) is 5.75 Å². The highest BCUT2D eigenvalue weighted by atomic mass is 32.1. The van der Waals surface area contributed by atoms with Gasteiger partial charge in [0.25, 0.3) is 0 Å². The van der Waals surface area contributed by atoms with Gasteiger partial charge in [0.05, 0.1) is 17.8 Å². The van der Waals surface area contributed by atoms with Crippen molar-refractivity contribution in [2.75, 3.05) is 40.3 Å². The van der Waals surface area contributed by atoms with Crippen LogP contribution in [0.5, 0.6) is 5.75 Å².